The van der Waals surface area contributed by atoms with Crippen LogP contribution in [-0.2, 0) is 6.18 Å². The summed E-state index contributed by atoms with van der Waals surface area (Å²) in [6, 6.07) is 12.6. The Bertz CT molecular complexity index is 880. The van der Waals surface area contributed by atoms with E-state index in [2.05, 4.69) is 4.98 Å². The topological polar surface area (TPSA) is 27.1 Å². The van der Waals surface area contributed by atoms with Gasteiger partial charge in [0.25, 0.3) is 0 Å². The lowest BCUT2D eigenvalue weighted by Gasteiger charge is -2.07. The van der Waals surface area contributed by atoms with Crippen molar-refractivity contribution >= 4 is 12.3 Å². The van der Waals surface area contributed by atoms with Crippen LogP contribution in [0.2, 0.25) is 0 Å². The Labute approximate surface area is 143 Å². The van der Waals surface area contributed by atoms with E-state index < -0.39 is 11.7 Å². The van der Waals surface area contributed by atoms with Gasteiger partial charge in [-0.3, -0.25) is 0 Å². The molecule has 0 spiro atoms. The molecule has 3 rings (SSSR count). The molecule has 1 aromatic heterocycles. The first kappa shape index (κ1) is 16.8. The summed E-state index contributed by atoms with van der Waals surface area (Å²) in [7, 11) is 1.60. The molecule has 0 amide bonds. The predicted molar refractivity (Wildman–Crippen MR) is 90.9 cm³/mol. The Kier molecular flexibility index (Phi) is 4.61. The molecule has 0 bridgehead atoms. The molecule has 0 fully saturated rings. The minimum absolute atomic E-state index is 0.423. The van der Waals surface area contributed by atoms with Crippen molar-refractivity contribution in [3.63, 3.8) is 0 Å². The van der Waals surface area contributed by atoms with Crippen molar-refractivity contribution < 1.29 is 17.9 Å². The highest BCUT2D eigenvalue weighted by atomic mass is 19.4. The monoisotopic (exact) mass is 344 g/mol. The minimum atomic E-state index is -4.37. The van der Waals surface area contributed by atoms with Crippen LogP contribution in [0.15, 0.2) is 61.1 Å². The first-order chi connectivity index (χ1) is 12.0. The van der Waals surface area contributed by atoms with Crippen LogP contribution in [0.25, 0.3) is 23.5 Å². The molecule has 0 N–H and O–H groups in total. The highest BCUT2D eigenvalue weighted by molar-refractivity contribution is 5.64. The zero-order valence-electron chi connectivity index (χ0n) is 13.4. The van der Waals surface area contributed by atoms with Gasteiger partial charge >= 0.3 is 6.18 Å². The Morgan fingerprint density at radius 2 is 1.84 bits per heavy atom. The van der Waals surface area contributed by atoms with Gasteiger partial charge < -0.3 is 9.30 Å². The fraction of sp³-hybridized carbons (Fsp3) is 0.105. The molecular weight excluding hydrogens is 329 g/mol. The summed E-state index contributed by atoms with van der Waals surface area (Å²) in [5.41, 5.74) is 1.18. The van der Waals surface area contributed by atoms with E-state index in [0.29, 0.717) is 11.3 Å². The molecule has 0 aliphatic rings. The van der Waals surface area contributed by atoms with E-state index >= 15 is 0 Å². The largest absolute Gasteiger partial charge is 0.497 e. The van der Waals surface area contributed by atoms with Crippen LogP contribution in [0.5, 0.6) is 5.75 Å². The van der Waals surface area contributed by atoms with E-state index in [9.17, 15) is 13.2 Å². The second kappa shape index (κ2) is 6.84. The van der Waals surface area contributed by atoms with Crippen LogP contribution >= 0.6 is 0 Å². The van der Waals surface area contributed by atoms with Crippen molar-refractivity contribution in [1.29, 1.82) is 0 Å². The lowest BCUT2D eigenvalue weighted by atomic mass is 10.1. The van der Waals surface area contributed by atoms with Gasteiger partial charge in [-0.2, -0.15) is 13.2 Å². The average Bonchev–Trinajstić information content (AvgIpc) is 3.09. The maximum Gasteiger partial charge on any atom is 0.416 e. The number of nitrogens with zero attached hydrogens (tertiary/aromatic N) is 2. The molecule has 3 aromatic rings. The number of rotatable bonds is 4. The van der Waals surface area contributed by atoms with Gasteiger partial charge in [0.1, 0.15) is 5.75 Å². The first-order valence-corrected chi connectivity index (χ1v) is 7.49. The van der Waals surface area contributed by atoms with Crippen molar-refractivity contribution in [3.8, 4) is 17.0 Å². The van der Waals surface area contributed by atoms with E-state index in [0.717, 1.165) is 23.4 Å². The van der Waals surface area contributed by atoms with E-state index in [1.807, 2.05) is 30.3 Å². The van der Waals surface area contributed by atoms with E-state index in [-0.39, 0.29) is 0 Å². The van der Waals surface area contributed by atoms with Gasteiger partial charge in [-0.25, -0.2) is 4.98 Å². The van der Waals surface area contributed by atoms with E-state index in [1.54, 1.807) is 36.5 Å². The van der Waals surface area contributed by atoms with E-state index in [1.165, 1.54) is 6.07 Å². The summed E-state index contributed by atoms with van der Waals surface area (Å²) in [5.74, 6) is 0.770. The molecule has 6 heteroatoms. The van der Waals surface area contributed by atoms with Crippen LogP contribution in [0.1, 0.15) is 11.1 Å². The molecule has 128 valence electrons. The molecule has 0 saturated carbocycles. The first-order valence-electron chi connectivity index (χ1n) is 7.49. The van der Waals surface area contributed by atoms with Gasteiger partial charge in [-0.15, -0.1) is 0 Å². The smallest absolute Gasteiger partial charge is 0.416 e. The summed E-state index contributed by atoms with van der Waals surface area (Å²) in [5, 5.41) is 0. The molecular formula is C19H15F3N2O. The maximum atomic E-state index is 12.8. The standard InChI is InChI=1S/C19H15F3N2O/c1-25-17-7-5-14(6-8-17)9-10-24-12-18(23-13-24)15-3-2-4-16(11-15)19(20,21)22/h2-13H,1H3. The third-order valence-corrected chi connectivity index (χ3v) is 3.64. The SMILES string of the molecule is COc1ccc(C=Cn2cnc(-c3cccc(C(F)(F)F)c3)c2)cc1. The van der Waals surface area contributed by atoms with Gasteiger partial charge in [-0.1, -0.05) is 24.3 Å². The van der Waals surface area contributed by atoms with Gasteiger partial charge in [0, 0.05) is 18.0 Å². The molecule has 0 unspecified atom stereocenters. The number of aromatic nitrogens is 2. The molecule has 0 radical (unpaired) electrons. The molecule has 0 saturated heterocycles. The Morgan fingerprint density at radius 1 is 1.08 bits per heavy atom. The lowest BCUT2D eigenvalue weighted by Crippen LogP contribution is -2.04. The van der Waals surface area contributed by atoms with Crippen LogP contribution in [0, 0.1) is 0 Å². The predicted octanol–water partition coefficient (Wildman–Crippen LogP) is 5.21. The third-order valence-electron chi connectivity index (χ3n) is 3.64. The number of ether oxygens (including phenoxy) is 1. The summed E-state index contributed by atoms with van der Waals surface area (Å²) in [6.45, 7) is 0. The van der Waals surface area contributed by atoms with Crippen molar-refractivity contribution in [1.82, 2.24) is 9.55 Å². The lowest BCUT2D eigenvalue weighted by molar-refractivity contribution is -0.137. The molecule has 0 aliphatic carbocycles. The maximum absolute atomic E-state index is 12.8. The van der Waals surface area contributed by atoms with Gasteiger partial charge in [0.15, 0.2) is 0 Å². The highest BCUT2D eigenvalue weighted by Crippen LogP contribution is 2.31. The third kappa shape index (κ3) is 4.09. The number of hydrogen-bond donors (Lipinski definition) is 0. The number of halogens is 3. The second-order valence-corrected chi connectivity index (χ2v) is 5.37. The second-order valence-electron chi connectivity index (χ2n) is 5.37. The molecule has 0 aliphatic heterocycles. The zero-order chi connectivity index (χ0) is 17.9. The molecule has 2 aromatic carbocycles. The van der Waals surface area contributed by atoms with Crippen molar-refractivity contribution in [2.75, 3.05) is 7.11 Å². The van der Waals surface area contributed by atoms with Crippen LogP contribution in [0.3, 0.4) is 0 Å². The quantitative estimate of drug-likeness (QED) is 0.650. The van der Waals surface area contributed by atoms with Gasteiger partial charge in [0.2, 0.25) is 0 Å². The van der Waals surface area contributed by atoms with Gasteiger partial charge in [-0.05, 0) is 35.9 Å². The summed E-state index contributed by atoms with van der Waals surface area (Å²) in [6.07, 6.45) is 2.51. The van der Waals surface area contributed by atoms with Crippen LogP contribution in [0.4, 0.5) is 13.2 Å². The summed E-state index contributed by atoms with van der Waals surface area (Å²) < 4.78 is 45.2. The fourth-order valence-electron chi connectivity index (χ4n) is 2.31. The Hall–Kier alpha value is -3.02. The van der Waals surface area contributed by atoms with Crippen LogP contribution in [-0.4, -0.2) is 16.7 Å². The average molecular weight is 344 g/mol. The minimum Gasteiger partial charge on any atom is -0.497 e. The summed E-state index contributed by atoms with van der Waals surface area (Å²) in [4.78, 5) is 4.17. The molecule has 0 atom stereocenters. The number of imidazole rings is 1. The highest BCUT2D eigenvalue weighted by Gasteiger charge is 2.30. The number of hydrogen-bond acceptors (Lipinski definition) is 2. The number of methoxy groups -OCH3 is 1. The Balaban J connectivity index is 1.79. The van der Waals surface area contributed by atoms with Crippen LogP contribution < -0.4 is 4.74 Å². The molecule has 3 nitrogen and oxygen atoms in total. The number of benzene rings is 2. The molecule has 25 heavy (non-hydrogen) atoms. The van der Waals surface area contributed by atoms with E-state index in [4.69, 9.17) is 4.74 Å². The van der Waals surface area contributed by atoms with Crippen molar-refractivity contribution in [3.05, 3.63) is 72.2 Å². The van der Waals surface area contributed by atoms with Crippen molar-refractivity contribution in [2.45, 2.75) is 6.18 Å². The molecule has 1 heterocycles. The summed E-state index contributed by atoms with van der Waals surface area (Å²) >= 11 is 0. The van der Waals surface area contributed by atoms with Gasteiger partial charge in [0.05, 0.1) is 24.7 Å². The normalized spacial score (nSPS) is 11.8. The van der Waals surface area contributed by atoms with Crippen molar-refractivity contribution in [2.24, 2.45) is 0 Å². The zero-order valence-corrected chi connectivity index (χ0v) is 13.4. The Morgan fingerprint density at radius 3 is 2.52 bits per heavy atom. The fourth-order valence-corrected chi connectivity index (χ4v) is 2.31. The number of alkyl halides is 3.